The molecule has 138 valence electrons. The molecule has 1 fully saturated rings. The number of fused-ring (bicyclic) bond motifs is 1. The van der Waals surface area contributed by atoms with Gasteiger partial charge in [0.05, 0.1) is 11.9 Å². The van der Waals surface area contributed by atoms with Crippen LogP contribution < -0.4 is 11.1 Å². The Labute approximate surface area is 158 Å². The third kappa shape index (κ3) is 4.02. The molecule has 5 nitrogen and oxygen atoms in total. The van der Waals surface area contributed by atoms with Crippen LogP contribution in [0.15, 0.2) is 42.5 Å². The molecule has 2 aromatic carbocycles. The average Bonchev–Trinajstić information content (AvgIpc) is 3.16. The van der Waals surface area contributed by atoms with E-state index < -0.39 is 6.04 Å². The Morgan fingerprint density at radius 1 is 1.27 bits per heavy atom. The van der Waals surface area contributed by atoms with E-state index in [0.717, 1.165) is 22.8 Å². The highest BCUT2D eigenvalue weighted by molar-refractivity contribution is 7.99. The Bertz CT molecular complexity index is 795. The topological polar surface area (TPSA) is 75.4 Å². The van der Waals surface area contributed by atoms with Crippen molar-refractivity contribution in [3.63, 3.8) is 0 Å². The molecule has 0 radical (unpaired) electrons. The summed E-state index contributed by atoms with van der Waals surface area (Å²) >= 11 is 1.62. The van der Waals surface area contributed by atoms with Crippen LogP contribution in [-0.4, -0.2) is 40.9 Å². The van der Waals surface area contributed by atoms with E-state index in [4.69, 9.17) is 5.73 Å². The first-order valence-electron chi connectivity index (χ1n) is 9.00. The monoisotopic (exact) mass is 371 g/mol. The van der Waals surface area contributed by atoms with E-state index in [1.165, 1.54) is 0 Å². The molecule has 0 bridgehead atoms. The number of nitrogens with two attached hydrogens (primary N) is 1. The molecule has 0 aromatic heterocycles. The van der Waals surface area contributed by atoms with Crippen LogP contribution in [-0.2, 0) is 9.59 Å². The SMILES string of the molecule is CCCC(=O)N1CSCC1C(=O)NC(CN)c1ccc2ccccc2c1. The fourth-order valence-corrected chi connectivity index (χ4v) is 4.41. The maximum atomic E-state index is 12.8. The third-order valence-electron chi connectivity index (χ3n) is 4.70. The van der Waals surface area contributed by atoms with Crippen molar-refractivity contribution in [1.29, 1.82) is 0 Å². The minimum Gasteiger partial charge on any atom is -0.346 e. The van der Waals surface area contributed by atoms with Gasteiger partial charge >= 0.3 is 0 Å². The molecule has 1 heterocycles. The zero-order chi connectivity index (χ0) is 18.5. The number of nitrogens with zero attached hydrogens (tertiary/aromatic N) is 1. The second-order valence-electron chi connectivity index (χ2n) is 6.53. The maximum absolute atomic E-state index is 12.8. The van der Waals surface area contributed by atoms with Crippen LogP contribution in [0.3, 0.4) is 0 Å². The van der Waals surface area contributed by atoms with E-state index in [1.807, 2.05) is 37.3 Å². The van der Waals surface area contributed by atoms with Crippen molar-refractivity contribution in [3.8, 4) is 0 Å². The van der Waals surface area contributed by atoms with Gasteiger partial charge in [-0.1, -0.05) is 43.3 Å². The molecule has 3 N–H and O–H groups in total. The van der Waals surface area contributed by atoms with Crippen molar-refractivity contribution in [2.24, 2.45) is 5.73 Å². The molecule has 1 saturated heterocycles. The van der Waals surface area contributed by atoms with Crippen molar-refractivity contribution in [1.82, 2.24) is 10.2 Å². The molecule has 6 heteroatoms. The molecule has 1 aliphatic rings. The summed E-state index contributed by atoms with van der Waals surface area (Å²) in [4.78, 5) is 26.7. The van der Waals surface area contributed by atoms with Crippen LogP contribution >= 0.6 is 11.8 Å². The summed E-state index contributed by atoms with van der Waals surface area (Å²) in [7, 11) is 0. The van der Waals surface area contributed by atoms with Gasteiger partial charge in [0.15, 0.2) is 0 Å². The standard InChI is InChI=1S/C20H25N3O2S/c1-2-5-19(24)23-13-26-12-18(23)20(25)22-17(11-21)16-9-8-14-6-3-4-7-15(14)10-16/h3-4,6-10,17-18H,2,5,11-13,21H2,1H3,(H,22,25). The molecule has 2 aromatic rings. The highest BCUT2D eigenvalue weighted by atomic mass is 32.2. The molecule has 2 atom stereocenters. The molecule has 26 heavy (non-hydrogen) atoms. The number of amides is 2. The maximum Gasteiger partial charge on any atom is 0.244 e. The molecular weight excluding hydrogens is 346 g/mol. The van der Waals surface area contributed by atoms with Gasteiger partial charge < -0.3 is 16.0 Å². The van der Waals surface area contributed by atoms with Gasteiger partial charge in [0.2, 0.25) is 11.8 Å². The van der Waals surface area contributed by atoms with Crippen molar-refractivity contribution >= 4 is 34.3 Å². The zero-order valence-corrected chi connectivity index (χ0v) is 15.8. The number of nitrogens with one attached hydrogen (secondary N) is 1. The first kappa shape index (κ1) is 18.7. The molecule has 2 unspecified atom stereocenters. The van der Waals surface area contributed by atoms with E-state index in [2.05, 4.69) is 17.4 Å². The number of hydrogen-bond donors (Lipinski definition) is 2. The molecular formula is C20H25N3O2S. The molecule has 3 rings (SSSR count). The zero-order valence-electron chi connectivity index (χ0n) is 15.0. The van der Waals surface area contributed by atoms with Crippen LogP contribution in [0, 0.1) is 0 Å². The fourth-order valence-electron chi connectivity index (χ4n) is 3.23. The van der Waals surface area contributed by atoms with Crippen LogP contribution in [0.25, 0.3) is 10.8 Å². The van der Waals surface area contributed by atoms with Crippen LogP contribution in [0.1, 0.15) is 31.4 Å². The second kappa shape index (κ2) is 8.56. The summed E-state index contributed by atoms with van der Waals surface area (Å²) < 4.78 is 0. The summed E-state index contributed by atoms with van der Waals surface area (Å²) in [5, 5.41) is 5.32. The third-order valence-corrected chi connectivity index (χ3v) is 5.71. The smallest absolute Gasteiger partial charge is 0.244 e. The van der Waals surface area contributed by atoms with Gasteiger partial charge in [0, 0.05) is 18.7 Å². The number of carbonyl (C=O) groups is 2. The van der Waals surface area contributed by atoms with Crippen molar-refractivity contribution in [3.05, 3.63) is 48.0 Å². The van der Waals surface area contributed by atoms with E-state index in [1.54, 1.807) is 16.7 Å². The van der Waals surface area contributed by atoms with Gasteiger partial charge in [-0.15, -0.1) is 11.8 Å². The first-order chi connectivity index (χ1) is 12.6. The summed E-state index contributed by atoms with van der Waals surface area (Å²) in [6.45, 7) is 2.28. The van der Waals surface area contributed by atoms with Gasteiger partial charge in [-0.2, -0.15) is 0 Å². The number of benzene rings is 2. The van der Waals surface area contributed by atoms with Gasteiger partial charge in [-0.3, -0.25) is 9.59 Å². The van der Waals surface area contributed by atoms with E-state index in [-0.39, 0.29) is 17.9 Å². The molecule has 0 saturated carbocycles. The molecule has 0 aliphatic carbocycles. The Hall–Kier alpha value is -2.05. The molecule has 1 aliphatic heterocycles. The Kier molecular flexibility index (Phi) is 6.16. The summed E-state index contributed by atoms with van der Waals surface area (Å²) in [6, 6.07) is 13.5. The lowest BCUT2D eigenvalue weighted by Gasteiger charge is -2.26. The minimum absolute atomic E-state index is 0.0488. The number of hydrogen-bond acceptors (Lipinski definition) is 4. The Morgan fingerprint density at radius 2 is 2.04 bits per heavy atom. The normalized spacial score (nSPS) is 18.1. The molecule has 0 spiro atoms. The van der Waals surface area contributed by atoms with Crippen LogP contribution in [0.2, 0.25) is 0 Å². The summed E-state index contributed by atoms with van der Waals surface area (Å²) in [5.74, 6) is 1.15. The van der Waals surface area contributed by atoms with E-state index in [9.17, 15) is 9.59 Å². The lowest BCUT2D eigenvalue weighted by molar-refractivity contribution is -0.138. The van der Waals surface area contributed by atoms with Crippen molar-refractivity contribution in [2.45, 2.75) is 31.8 Å². The second-order valence-corrected chi connectivity index (χ2v) is 7.53. The van der Waals surface area contributed by atoms with Gasteiger partial charge in [-0.05, 0) is 28.8 Å². The highest BCUT2D eigenvalue weighted by Crippen LogP contribution is 2.24. The number of carbonyl (C=O) groups excluding carboxylic acids is 2. The predicted molar refractivity (Wildman–Crippen MR) is 107 cm³/mol. The lowest BCUT2D eigenvalue weighted by Crippen LogP contribution is -2.49. The molecule has 2 amide bonds. The highest BCUT2D eigenvalue weighted by Gasteiger charge is 2.34. The van der Waals surface area contributed by atoms with Crippen molar-refractivity contribution in [2.75, 3.05) is 18.2 Å². The van der Waals surface area contributed by atoms with Gasteiger partial charge in [0.25, 0.3) is 0 Å². The largest absolute Gasteiger partial charge is 0.346 e. The predicted octanol–water partition coefficient (Wildman–Crippen LogP) is 2.66. The van der Waals surface area contributed by atoms with Crippen molar-refractivity contribution < 1.29 is 9.59 Å². The first-order valence-corrected chi connectivity index (χ1v) is 10.2. The van der Waals surface area contributed by atoms with Crippen LogP contribution in [0.4, 0.5) is 0 Å². The van der Waals surface area contributed by atoms with Gasteiger partial charge in [0.1, 0.15) is 6.04 Å². The Morgan fingerprint density at radius 3 is 2.77 bits per heavy atom. The number of thioether (sulfide) groups is 1. The minimum atomic E-state index is -0.409. The van der Waals surface area contributed by atoms with Crippen LogP contribution in [0.5, 0.6) is 0 Å². The van der Waals surface area contributed by atoms with E-state index >= 15 is 0 Å². The van der Waals surface area contributed by atoms with E-state index in [0.29, 0.717) is 24.6 Å². The fraction of sp³-hybridized carbons (Fsp3) is 0.400. The number of rotatable bonds is 6. The summed E-state index contributed by atoms with van der Waals surface area (Å²) in [6.07, 6.45) is 1.27. The summed E-state index contributed by atoms with van der Waals surface area (Å²) in [5.41, 5.74) is 6.92. The van der Waals surface area contributed by atoms with Gasteiger partial charge in [-0.25, -0.2) is 0 Å². The Balaban J connectivity index is 1.74. The lowest BCUT2D eigenvalue weighted by atomic mass is 10.0. The average molecular weight is 372 g/mol. The quantitative estimate of drug-likeness (QED) is 0.819.